The lowest BCUT2D eigenvalue weighted by Gasteiger charge is -2.31. The number of carbonyl (C=O) groups is 3. The Morgan fingerprint density at radius 1 is 1.03 bits per heavy atom. The molecule has 0 bridgehead atoms. The summed E-state index contributed by atoms with van der Waals surface area (Å²) in [5.41, 5.74) is 0.914. The van der Waals surface area contributed by atoms with Gasteiger partial charge in [-0.15, -0.1) is 0 Å². The van der Waals surface area contributed by atoms with Gasteiger partial charge in [0.1, 0.15) is 12.1 Å². The molecule has 0 heterocycles. The highest BCUT2D eigenvalue weighted by molar-refractivity contribution is 6.38. The van der Waals surface area contributed by atoms with Crippen LogP contribution in [-0.2, 0) is 14.3 Å². The van der Waals surface area contributed by atoms with Gasteiger partial charge in [0.05, 0.1) is 6.04 Å². The first kappa shape index (κ1) is 23.9. The first-order valence-corrected chi connectivity index (χ1v) is 11.2. The van der Waals surface area contributed by atoms with E-state index in [0.717, 1.165) is 37.7 Å². The number of carbonyl (C=O) groups excluding carboxylic acids is 3. The van der Waals surface area contributed by atoms with Gasteiger partial charge in [-0.1, -0.05) is 63.9 Å². The van der Waals surface area contributed by atoms with E-state index in [1.807, 2.05) is 44.2 Å². The number of ketones is 1. The molecular weight excluding hydrogens is 380 g/mol. The Morgan fingerprint density at radius 2 is 1.67 bits per heavy atom. The Morgan fingerprint density at radius 3 is 2.27 bits per heavy atom. The van der Waals surface area contributed by atoms with Crippen LogP contribution in [0.1, 0.15) is 77.8 Å². The smallest absolute Gasteiger partial charge is 0.408 e. The van der Waals surface area contributed by atoms with Crippen LogP contribution in [0.25, 0.3) is 0 Å². The van der Waals surface area contributed by atoms with Crippen LogP contribution < -0.4 is 10.6 Å². The fraction of sp³-hybridized carbons (Fsp3) is 0.625. The fourth-order valence-corrected chi connectivity index (χ4v) is 4.23. The van der Waals surface area contributed by atoms with Crippen molar-refractivity contribution in [3.8, 4) is 0 Å². The summed E-state index contributed by atoms with van der Waals surface area (Å²) >= 11 is 0. The van der Waals surface area contributed by atoms with Crippen LogP contribution in [-0.4, -0.2) is 29.9 Å². The second-order valence-electron chi connectivity index (χ2n) is 8.75. The molecule has 0 aliphatic heterocycles. The van der Waals surface area contributed by atoms with E-state index in [0.29, 0.717) is 18.3 Å². The molecule has 1 aromatic rings. The van der Waals surface area contributed by atoms with Gasteiger partial charge < -0.3 is 15.4 Å². The van der Waals surface area contributed by atoms with Gasteiger partial charge in [0, 0.05) is 0 Å². The molecule has 0 unspecified atom stereocenters. The van der Waals surface area contributed by atoms with Crippen molar-refractivity contribution in [3.63, 3.8) is 0 Å². The molecular formula is C24H36N2O4. The predicted octanol–water partition coefficient (Wildman–Crippen LogP) is 4.54. The van der Waals surface area contributed by atoms with E-state index in [1.165, 1.54) is 0 Å². The number of benzene rings is 1. The summed E-state index contributed by atoms with van der Waals surface area (Å²) in [5, 5.41) is 5.39. The average Bonchev–Trinajstić information content (AvgIpc) is 2.70. The van der Waals surface area contributed by atoms with E-state index in [1.54, 1.807) is 0 Å². The molecule has 6 heteroatoms. The summed E-state index contributed by atoms with van der Waals surface area (Å²) in [4.78, 5) is 37.8. The van der Waals surface area contributed by atoms with Crippen molar-refractivity contribution in [2.24, 2.45) is 11.8 Å². The highest BCUT2D eigenvalue weighted by Crippen LogP contribution is 2.30. The quantitative estimate of drug-likeness (QED) is 0.579. The number of alkyl carbamates (subject to hydrolysis) is 1. The molecule has 2 N–H and O–H groups in total. The maximum Gasteiger partial charge on any atom is 0.408 e. The second-order valence-corrected chi connectivity index (χ2v) is 8.75. The first-order chi connectivity index (χ1) is 14.3. The van der Waals surface area contributed by atoms with Crippen LogP contribution in [0.15, 0.2) is 30.3 Å². The number of nitrogens with one attached hydrogen (secondary N) is 2. The van der Waals surface area contributed by atoms with Crippen molar-refractivity contribution < 1.29 is 19.1 Å². The summed E-state index contributed by atoms with van der Waals surface area (Å²) in [6.07, 6.45) is 4.06. The number of hydrogen-bond acceptors (Lipinski definition) is 4. The molecule has 6 nitrogen and oxygen atoms in total. The minimum atomic E-state index is -0.876. The van der Waals surface area contributed by atoms with E-state index in [4.69, 9.17) is 4.74 Å². The summed E-state index contributed by atoms with van der Waals surface area (Å²) < 4.78 is 5.59. The Bertz CT molecular complexity index is 696. The zero-order chi connectivity index (χ0) is 22.1. The highest BCUT2D eigenvalue weighted by atomic mass is 16.6. The van der Waals surface area contributed by atoms with Crippen molar-refractivity contribution >= 4 is 17.8 Å². The van der Waals surface area contributed by atoms with Crippen molar-refractivity contribution in [2.45, 2.75) is 84.4 Å². The van der Waals surface area contributed by atoms with E-state index >= 15 is 0 Å². The molecule has 0 aromatic heterocycles. The van der Waals surface area contributed by atoms with Crippen LogP contribution in [0.2, 0.25) is 0 Å². The van der Waals surface area contributed by atoms with Gasteiger partial charge in [-0.05, 0) is 50.0 Å². The maximum atomic E-state index is 12.8. The summed E-state index contributed by atoms with van der Waals surface area (Å²) in [6.45, 7) is 8.16. The molecule has 166 valence electrons. The Hall–Kier alpha value is -2.37. The summed E-state index contributed by atoms with van der Waals surface area (Å²) in [7, 11) is 0. The highest BCUT2D eigenvalue weighted by Gasteiger charge is 2.30. The third-order valence-corrected chi connectivity index (χ3v) is 5.73. The zero-order valence-electron chi connectivity index (χ0n) is 18.6. The lowest BCUT2D eigenvalue weighted by Crippen LogP contribution is -2.48. The normalized spacial score (nSPS) is 23.1. The fourth-order valence-electron chi connectivity index (χ4n) is 4.23. The number of ether oxygens (including phenoxy) is 1. The number of Topliss-reactive ketones (excluding diaryl/α,β-unsaturated/α-hetero) is 1. The predicted molar refractivity (Wildman–Crippen MR) is 117 cm³/mol. The third kappa shape index (κ3) is 7.47. The topological polar surface area (TPSA) is 84.5 Å². The van der Waals surface area contributed by atoms with Crippen LogP contribution in [0, 0.1) is 11.8 Å². The molecule has 2 rings (SSSR count). The molecule has 1 aromatic carbocycles. The Labute approximate surface area is 180 Å². The van der Waals surface area contributed by atoms with E-state index in [-0.39, 0.29) is 12.1 Å². The standard InChI is InChI=1S/C24H36N2O4/c1-5-6-12-21(26-24(29)30-20-14-16(2)13-17(3)15-20)22(27)23(28)25-18(4)19-10-8-7-9-11-19/h7-11,16-18,20-21H,5-6,12-15H2,1-4H3,(H,25,28)(H,26,29)/t16-,17-,18-,21+/m1/s1. The number of amides is 2. The van der Waals surface area contributed by atoms with Gasteiger partial charge in [0.2, 0.25) is 5.78 Å². The Kier molecular flexibility index (Phi) is 9.34. The minimum absolute atomic E-state index is 0.141. The van der Waals surface area contributed by atoms with E-state index in [9.17, 15) is 14.4 Å². The van der Waals surface area contributed by atoms with E-state index in [2.05, 4.69) is 24.5 Å². The van der Waals surface area contributed by atoms with Gasteiger partial charge in [-0.25, -0.2) is 4.79 Å². The summed E-state index contributed by atoms with van der Waals surface area (Å²) in [5.74, 6) is -0.301. The van der Waals surface area contributed by atoms with Crippen molar-refractivity contribution in [3.05, 3.63) is 35.9 Å². The average molecular weight is 417 g/mol. The van der Waals surface area contributed by atoms with Crippen molar-refractivity contribution in [1.29, 1.82) is 0 Å². The molecule has 0 saturated heterocycles. The van der Waals surface area contributed by atoms with Crippen LogP contribution in [0.3, 0.4) is 0 Å². The summed E-state index contributed by atoms with van der Waals surface area (Å²) in [6, 6.07) is 8.28. The van der Waals surface area contributed by atoms with Gasteiger partial charge in [-0.2, -0.15) is 0 Å². The second kappa shape index (κ2) is 11.7. The molecule has 0 spiro atoms. The number of unbranched alkanes of at least 4 members (excludes halogenated alkanes) is 1. The molecule has 1 aliphatic rings. The molecule has 1 saturated carbocycles. The molecule has 0 radical (unpaired) electrons. The third-order valence-electron chi connectivity index (χ3n) is 5.73. The largest absolute Gasteiger partial charge is 0.446 e. The maximum absolute atomic E-state index is 12.8. The van der Waals surface area contributed by atoms with Crippen molar-refractivity contribution in [1.82, 2.24) is 10.6 Å². The van der Waals surface area contributed by atoms with Gasteiger partial charge in [0.25, 0.3) is 5.91 Å². The molecule has 1 fully saturated rings. The Balaban J connectivity index is 1.95. The molecule has 1 aliphatic carbocycles. The van der Waals surface area contributed by atoms with Gasteiger partial charge >= 0.3 is 6.09 Å². The lowest BCUT2D eigenvalue weighted by molar-refractivity contribution is -0.139. The van der Waals surface area contributed by atoms with Crippen LogP contribution in [0.5, 0.6) is 0 Å². The minimum Gasteiger partial charge on any atom is -0.446 e. The van der Waals surface area contributed by atoms with Crippen LogP contribution >= 0.6 is 0 Å². The van der Waals surface area contributed by atoms with E-state index < -0.39 is 23.8 Å². The molecule has 2 amide bonds. The lowest BCUT2D eigenvalue weighted by atomic mass is 9.82. The van der Waals surface area contributed by atoms with Gasteiger partial charge in [0.15, 0.2) is 0 Å². The number of hydrogen-bond donors (Lipinski definition) is 2. The number of rotatable bonds is 9. The SMILES string of the molecule is CCCC[C@H](NC(=O)OC1C[C@H](C)C[C@@H](C)C1)C(=O)C(=O)N[C@H](C)c1ccccc1. The monoisotopic (exact) mass is 416 g/mol. The zero-order valence-corrected chi connectivity index (χ0v) is 18.6. The van der Waals surface area contributed by atoms with Crippen LogP contribution in [0.4, 0.5) is 4.79 Å². The van der Waals surface area contributed by atoms with Crippen molar-refractivity contribution in [2.75, 3.05) is 0 Å². The first-order valence-electron chi connectivity index (χ1n) is 11.2. The van der Waals surface area contributed by atoms with Gasteiger partial charge in [-0.3, -0.25) is 9.59 Å². The molecule has 4 atom stereocenters. The molecule has 30 heavy (non-hydrogen) atoms.